The molecule has 1 nitrogen and oxygen atoms in total. The minimum absolute atomic E-state index is 0.552. The van der Waals surface area contributed by atoms with Crippen LogP contribution in [0, 0.1) is 0 Å². The summed E-state index contributed by atoms with van der Waals surface area (Å²) < 4.78 is 36.6. The third-order valence-corrected chi connectivity index (χ3v) is 1.49. The minimum atomic E-state index is -3.33. The molecule has 0 aromatic carbocycles. The van der Waals surface area contributed by atoms with Crippen LogP contribution in [0.2, 0.25) is 0 Å². The SMILES string of the molecule is CCC(F)(F)C(C)(O)CF. The van der Waals surface area contributed by atoms with Crippen LogP contribution in [-0.4, -0.2) is 23.3 Å². The standard InChI is InChI=1S/C6H11F3O/c1-3-6(8,9)5(2,10)4-7/h10H,3-4H2,1-2H3. The van der Waals surface area contributed by atoms with E-state index < -0.39 is 24.6 Å². The quantitative estimate of drug-likeness (QED) is 0.660. The second kappa shape index (κ2) is 2.78. The summed E-state index contributed by atoms with van der Waals surface area (Å²) in [6.45, 7) is 0.564. The first kappa shape index (κ1) is 9.75. The lowest BCUT2D eigenvalue weighted by atomic mass is 9.98. The van der Waals surface area contributed by atoms with Gasteiger partial charge in [0.15, 0.2) is 5.60 Å². The number of alkyl halides is 3. The van der Waals surface area contributed by atoms with Gasteiger partial charge < -0.3 is 5.11 Å². The van der Waals surface area contributed by atoms with Gasteiger partial charge in [-0.25, -0.2) is 13.2 Å². The number of hydrogen-bond acceptors (Lipinski definition) is 1. The molecular weight excluding hydrogens is 145 g/mol. The molecule has 1 atom stereocenters. The van der Waals surface area contributed by atoms with Crippen molar-refractivity contribution in [1.29, 1.82) is 0 Å². The van der Waals surface area contributed by atoms with Crippen LogP contribution in [0.15, 0.2) is 0 Å². The number of aliphatic hydroxyl groups is 1. The highest BCUT2D eigenvalue weighted by Gasteiger charge is 2.47. The van der Waals surface area contributed by atoms with Crippen molar-refractivity contribution >= 4 is 0 Å². The van der Waals surface area contributed by atoms with Crippen LogP contribution < -0.4 is 0 Å². The van der Waals surface area contributed by atoms with Gasteiger partial charge in [-0.15, -0.1) is 0 Å². The fraction of sp³-hybridized carbons (Fsp3) is 1.00. The molecule has 0 aliphatic heterocycles. The summed E-state index contributed by atoms with van der Waals surface area (Å²) in [5, 5.41) is 8.73. The zero-order valence-electron chi connectivity index (χ0n) is 6.00. The third-order valence-electron chi connectivity index (χ3n) is 1.49. The molecule has 0 radical (unpaired) electrons. The lowest BCUT2D eigenvalue weighted by molar-refractivity contribution is -0.179. The van der Waals surface area contributed by atoms with Gasteiger partial charge in [-0.1, -0.05) is 6.92 Å². The molecule has 0 aliphatic carbocycles. The van der Waals surface area contributed by atoms with Crippen LogP contribution >= 0.6 is 0 Å². The van der Waals surface area contributed by atoms with Crippen molar-refractivity contribution in [3.05, 3.63) is 0 Å². The summed E-state index contributed by atoms with van der Waals surface area (Å²) >= 11 is 0. The average molecular weight is 156 g/mol. The Bertz CT molecular complexity index is 97.6. The first-order valence-electron chi connectivity index (χ1n) is 3.03. The predicted molar refractivity (Wildman–Crippen MR) is 31.8 cm³/mol. The lowest BCUT2D eigenvalue weighted by Gasteiger charge is -2.28. The average Bonchev–Trinajstić information content (AvgIpc) is 1.88. The van der Waals surface area contributed by atoms with Gasteiger partial charge in [0.05, 0.1) is 0 Å². The van der Waals surface area contributed by atoms with Gasteiger partial charge in [0.2, 0.25) is 0 Å². The highest BCUT2D eigenvalue weighted by molar-refractivity contribution is 4.87. The van der Waals surface area contributed by atoms with Gasteiger partial charge in [-0.2, -0.15) is 0 Å². The summed E-state index contributed by atoms with van der Waals surface area (Å²) in [7, 11) is 0. The van der Waals surface area contributed by atoms with Gasteiger partial charge in [0, 0.05) is 6.42 Å². The topological polar surface area (TPSA) is 20.2 Å². The van der Waals surface area contributed by atoms with Gasteiger partial charge in [0.1, 0.15) is 6.67 Å². The van der Waals surface area contributed by atoms with Crippen molar-refractivity contribution in [3.8, 4) is 0 Å². The molecule has 4 heteroatoms. The summed E-state index contributed by atoms with van der Waals surface area (Å²) in [6, 6.07) is 0. The van der Waals surface area contributed by atoms with Gasteiger partial charge in [-0.3, -0.25) is 0 Å². The Morgan fingerprint density at radius 1 is 1.40 bits per heavy atom. The van der Waals surface area contributed by atoms with E-state index in [9.17, 15) is 13.2 Å². The van der Waals surface area contributed by atoms with E-state index in [1.807, 2.05) is 0 Å². The van der Waals surface area contributed by atoms with E-state index in [0.717, 1.165) is 6.92 Å². The van der Waals surface area contributed by atoms with Crippen molar-refractivity contribution in [2.24, 2.45) is 0 Å². The van der Waals surface area contributed by atoms with Crippen LogP contribution in [0.5, 0.6) is 0 Å². The molecule has 1 N–H and O–H groups in total. The molecule has 0 bridgehead atoms. The Hall–Kier alpha value is -0.250. The second-order valence-electron chi connectivity index (χ2n) is 2.47. The Balaban J connectivity index is 4.28. The summed E-state index contributed by atoms with van der Waals surface area (Å²) in [6.07, 6.45) is -0.552. The Labute approximate surface area is 57.9 Å². The van der Waals surface area contributed by atoms with Crippen molar-refractivity contribution in [2.45, 2.75) is 31.8 Å². The second-order valence-corrected chi connectivity index (χ2v) is 2.47. The van der Waals surface area contributed by atoms with Crippen LogP contribution in [0.4, 0.5) is 13.2 Å². The molecule has 0 spiro atoms. The summed E-state index contributed by atoms with van der Waals surface area (Å²) in [5.74, 6) is -3.33. The summed E-state index contributed by atoms with van der Waals surface area (Å²) in [5.41, 5.74) is -2.51. The van der Waals surface area contributed by atoms with Crippen molar-refractivity contribution < 1.29 is 18.3 Å². The van der Waals surface area contributed by atoms with E-state index in [2.05, 4.69) is 0 Å². The molecule has 0 saturated heterocycles. The van der Waals surface area contributed by atoms with Crippen LogP contribution in [0.3, 0.4) is 0 Å². The maximum atomic E-state index is 12.4. The van der Waals surface area contributed by atoms with Crippen LogP contribution in [0.1, 0.15) is 20.3 Å². The Kier molecular flexibility index (Phi) is 2.71. The molecule has 0 fully saturated rings. The van der Waals surface area contributed by atoms with Crippen molar-refractivity contribution in [2.75, 3.05) is 6.67 Å². The minimum Gasteiger partial charge on any atom is -0.381 e. The first-order chi connectivity index (χ1) is 4.37. The van der Waals surface area contributed by atoms with E-state index in [0.29, 0.717) is 0 Å². The van der Waals surface area contributed by atoms with E-state index in [1.54, 1.807) is 0 Å². The predicted octanol–water partition coefficient (Wildman–Crippen LogP) is 1.75. The van der Waals surface area contributed by atoms with Gasteiger partial charge >= 0.3 is 0 Å². The molecule has 0 aromatic heterocycles. The molecule has 0 heterocycles. The monoisotopic (exact) mass is 156 g/mol. The number of hydrogen-bond donors (Lipinski definition) is 1. The van der Waals surface area contributed by atoms with Gasteiger partial charge in [0.25, 0.3) is 5.92 Å². The maximum Gasteiger partial charge on any atom is 0.278 e. The molecule has 0 rings (SSSR count). The van der Waals surface area contributed by atoms with Crippen molar-refractivity contribution in [3.63, 3.8) is 0 Å². The van der Waals surface area contributed by atoms with Crippen LogP contribution in [0.25, 0.3) is 0 Å². The maximum absolute atomic E-state index is 12.4. The zero-order chi connectivity index (χ0) is 8.41. The van der Waals surface area contributed by atoms with E-state index in [1.165, 1.54) is 6.92 Å². The molecular formula is C6H11F3O. The smallest absolute Gasteiger partial charge is 0.278 e. The first-order valence-corrected chi connectivity index (χ1v) is 3.03. The molecule has 10 heavy (non-hydrogen) atoms. The highest BCUT2D eigenvalue weighted by atomic mass is 19.3. The lowest BCUT2D eigenvalue weighted by Crippen LogP contribution is -2.46. The number of rotatable bonds is 3. The molecule has 62 valence electrons. The molecule has 0 aliphatic rings. The summed E-state index contributed by atoms with van der Waals surface area (Å²) in [4.78, 5) is 0. The largest absolute Gasteiger partial charge is 0.381 e. The van der Waals surface area contributed by atoms with Crippen molar-refractivity contribution in [1.82, 2.24) is 0 Å². The molecule has 0 amide bonds. The zero-order valence-corrected chi connectivity index (χ0v) is 6.00. The van der Waals surface area contributed by atoms with Gasteiger partial charge in [-0.05, 0) is 6.92 Å². The molecule has 1 unspecified atom stereocenters. The highest BCUT2D eigenvalue weighted by Crippen LogP contribution is 2.31. The van der Waals surface area contributed by atoms with E-state index in [4.69, 9.17) is 5.11 Å². The fourth-order valence-electron chi connectivity index (χ4n) is 0.479. The number of halogens is 3. The van der Waals surface area contributed by atoms with Crippen LogP contribution in [-0.2, 0) is 0 Å². The van der Waals surface area contributed by atoms with E-state index in [-0.39, 0.29) is 0 Å². The Morgan fingerprint density at radius 3 is 1.90 bits per heavy atom. The molecule has 0 saturated carbocycles. The fourth-order valence-corrected chi connectivity index (χ4v) is 0.479. The third kappa shape index (κ3) is 1.62. The molecule has 0 aromatic rings. The Morgan fingerprint density at radius 2 is 1.80 bits per heavy atom. The normalized spacial score (nSPS) is 18.6. The van der Waals surface area contributed by atoms with E-state index >= 15 is 0 Å².